The van der Waals surface area contributed by atoms with Gasteiger partial charge in [0.25, 0.3) is 0 Å². The van der Waals surface area contributed by atoms with Crippen LogP contribution in [0.3, 0.4) is 0 Å². The Morgan fingerprint density at radius 1 is 1.42 bits per heavy atom. The summed E-state index contributed by atoms with van der Waals surface area (Å²) in [5.74, 6) is 0.400. The number of carbonyl (C=O) groups is 1. The molecule has 0 radical (unpaired) electrons. The predicted octanol–water partition coefficient (Wildman–Crippen LogP) is 3.19. The molecule has 1 aliphatic rings. The van der Waals surface area contributed by atoms with E-state index in [2.05, 4.69) is 18.7 Å². The Hall–Kier alpha value is -1.00. The summed E-state index contributed by atoms with van der Waals surface area (Å²) < 4.78 is 5.47. The van der Waals surface area contributed by atoms with Gasteiger partial charge in [-0.2, -0.15) is 0 Å². The van der Waals surface area contributed by atoms with Crippen LogP contribution in [-0.4, -0.2) is 29.1 Å². The molecule has 1 aliphatic heterocycles. The number of carboxylic acids is 1. The van der Waals surface area contributed by atoms with Crippen LogP contribution in [0, 0.1) is 5.92 Å². The first kappa shape index (κ1) is 16.1. The maximum atomic E-state index is 11.0. The molecule has 1 N–H and O–H groups in total. The van der Waals surface area contributed by atoms with E-state index in [1.165, 1.54) is 12.8 Å². The fraction of sp³-hybridized carbons (Fsp3) is 0.643. The second-order valence-electron chi connectivity index (χ2n) is 5.45. The lowest BCUT2D eigenvalue weighted by Crippen LogP contribution is -2.18. The average Bonchev–Trinajstić information content (AvgIpc) is 2.89. The van der Waals surface area contributed by atoms with Gasteiger partial charge in [0.1, 0.15) is 5.76 Å². The monoisotopic (exact) mass is 287 g/mol. The molecule has 2 heterocycles. The van der Waals surface area contributed by atoms with E-state index in [1.807, 2.05) is 0 Å². The van der Waals surface area contributed by atoms with Crippen molar-refractivity contribution in [2.24, 2.45) is 5.92 Å². The number of furan rings is 1. The molecule has 2 rings (SSSR count). The van der Waals surface area contributed by atoms with E-state index in [9.17, 15) is 4.79 Å². The van der Waals surface area contributed by atoms with Gasteiger partial charge in [0.05, 0.1) is 0 Å². The van der Waals surface area contributed by atoms with Crippen molar-refractivity contribution in [3.8, 4) is 0 Å². The molecule has 1 aromatic rings. The van der Waals surface area contributed by atoms with E-state index in [4.69, 9.17) is 9.52 Å². The molecule has 1 saturated heterocycles. The summed E-state index contributed by atoms with van der Waals surface area (Å²) in [6, 6.07) is 1.69. The number of nitrogens with zero attached hydrogens (tertiary/aromatic N) is 1. The summed E-state index contributed by atoms with van der Waals surface area (Å²) in [6.45, 7) is 7.26. The Kier molecular flexibility index (Phi) is 5.88. The molecule has 4 nitrogen and oxygen atoms in total. The lowest BCUT2D eigenvalue weighted by molar-refractivity contribution is 0.0660. The third kappa shape index (κ3) is 4.25. The smallest absolute Gasteiger partial charge is 0.371 e. The van der Waals surface area contributed by atoms with E-state index in [0.717, 1.165) is 37.4 Å². The van der Waals surface area contributed by atoms with Gasteiger partial charge >= 0.3 is 5.97 Å². The zero-order chi connectivity index (χ0) is 13.1. The largest absolute Gasteiger partial charge is 0.475 e. The van der Waals surface area contributed by atoms with Gasteiger partial charge in [-0.25, -0.2) is 4.79 Å². The number of hydrogen-bond donors (Lipinski definition) is 1. The summed E-state index contributed by atoms with van der Waals surface area (Å²) >= 11 is 0. The third-order valence-corrected chi connectivity index (χ3v) is 3.29. The summed E-state index contributed by atoms with van der Waals surface area (Å²) in [4.78, 5) is 13.3. The number of rotatable bonds is 5. The number of carboxylic acid groups (broad SMARTS) is 1. The molecule has 1 aromatic heterocycles. The van der Waals surface area contributed by atoms with Crippen LogP contribution < -0.4 is 0 Å². The number of halogens is 1. The highest BCUT2D eigenvalue weighted by Gasteiger charge is 2.20. The highest BCUT2D eigenvalue weighted by Crippen LogP contribution is 2.22. The van der Waals surface area contributed by atoms with E-state index >= 15 is 0 Å². The highest BCUT2D eigenvalue weighted by atomic mass is 35.5. The van der Waals surface area contributed by atoms with Gasteiger partial charge in [0.2, 0.25) is 5.76 Å². The van der Waals surface area contributed by atoms with Crippen LogP contribution in [0.5, 0.6) is 0 Å². The number of aromatic carboxylic acids is 1. The van der Waals surface area contributed by atoms with E-state index in [1.54, 1.807) is 6.07 Å². The van der Waals surface area contributed by atoms with Crippen LogP contribution in [0.4, 0.5) is 0 Å². The first-order valence-electron chi connectivity index (χ1n) is 6.63. The van der Waals surface area contributed by atoms with Gasteiger partial charge in [-0.1, -0.05) is 13.8 Å². The van der Waals surface area contributed by atoms with Crippen molar-refractivity contribution >= 4 is 18.4 Å². The Morgan fingerprint density at radius 3 is 2.58 bits per heavy atom. The first-order valence-corrected chi connectivity index (χ1v) is 6.63. The first-order chi connectivity index (χ1) is 8.56. The molecule has 1 fully saturated rings. The minimum absolute atomic E-state index is 0. The molecule has 0 atom stereocenters. The van der Waals surface area contributed by atoms with E-state index in [0.29, 0.717) is 5.92 Å². The Bertz CT molecular complexity index is 422. The molecular weight excluding hydrogens is 266 g/mol. The van der Waals surface area contributed by atoms with Crippen molar-refractivity contribution < 1.29 is 14.3 Å². The van der Waals surface area contributed by atoms with Crippen molar-refractivity contribution in [3.63, 3.8) is 0 Å². The quantitative estimate of drug-likeness (QED) is 0.903. The number of likely N-dealkylation sites (tertiary alicyclic amines) is 1. The van der Waals surface area contributed by atoms with Crippen molar-refractivity contribution in [2.75, 3.05) is 13.1 Å². The van der Waals surface area contributed by atoms with Crippen molar-refractivity contribution in [2.45, 2.75) is 39.7 Å². The maximum absolute atomic E-state index is 11.0. The average molecular weight is 288 g/mol. The lowest BCUT2D eigenvalue weighted by atomic mass is 10.1. The minimum atomic E-state index is -0.979. The highest BCUT2D eigenvalue weighted by molar-refractivity contribution is 5.85. The molecule has 0 amide bonds. The molecule has 19 heavy (non-hydrogen) atoms. The summed E-state index contributed by atoms with van der Waals surface area (Å²) in [6.07, 6.45) is 3.28. The van der Waals surface area contributed by atoms with Crippen LogP contribution in [0.25, 0.3) is 0 Å². The molecule has 0 saturated carbocycles. The lowest BCUT2D eigenvalue weighted by Gasteiger charge is -2.14. The van der Waals surface area contributed by atoms with Gasteiger partial charge in [-0.15, -0.1) is 12.4 Å². The maximum Gasteiger partial charge on any atom is 0.371 e. The van der Waals surface area contributed by atoms with Crippen LogP contribution in [0.1, 0.15) is 48.6 Å². The summed E-state index contributed by atoms with van der Waals surface area (Å²) in [5.41, 5.74) is 1.04. The van der Waals surface area contributed by atoms with Gasteiger partial charge < -0.3 is 9.52 Å². The Labute approximate surface area is 120 Å². The van der Waals surface area contributed by atoms with Crippen LogP contribution >= 0.6 is 12.4 Å². The summed E-state index contributed by atoms with van der Waals surface area (Å²) in [5, 5.41) is 9.01. The molecule has 0 bridgehead atoms. The SMILES string of the molecule is CC(C)Cc1oc(C(=O)O)cc1CN1CCCC1.Cl. The van der Waals surface area contributed by atoms with Gasteiger partial charge in [-0.3, -0.25) is 4.90 Å². The molecule has 0 spiro atoms. The zero-order valence-corrected chi connectivity index (χ0v) is 12.3. The Balaban J connectivity index is 0.00000180. The van der Waals surface area contributed by atoms with Crippen molar-refractivity contribution in [1.29, 1.82) is 0 Å². The third-order valence-electron chi connectivity index (χ3n) is 3.29. The summed E-state index contributed by atoms with van der Waals surface area (Å²) in [7, 11) is 0. The molecular formula is C14H22ClNO3. The van der Waals surface area contributed by atoms with Crippen molar-refractivity contribution in [3.05, 3.63) is 23.2 Å². The molecule has 0 aromatic carbocycles. The fourth-order valence-electron chi connectivity index (χ4n) is 2.43. The topological polar surface area (TPSA) is 53.7 Å². The standard InChI is InChI=1S/C14H21NO3.ClH/c1-10(2)7-12-11(8-13(18-12)14(16)17)9-15-5-3-4-6-15;/h8,10H,3-7,9H2,1-2H3,(H,16,17);1H. The minimum Gasteiger partial charge on any atom is -0.475 e. The fourth-order valence-corrected chi connectivity index (χ4v) is 2.43. The van der Waals surface area contributed by atoms with E-state index < -0.39 is 5.97 Å². The van der Waals surface area contributed by atoms with Crippen LogP contribution in [-0.2, 0) is 13.0 Å². The normalized spacial score (nSPS) is 15.7. The molecule has 0 aliphatic carbocycles. The van der Waals surface area contributed by atoms with Gasteiger partial charge in [0, 0.05) is 18.5 Å². The number of hydrogen-bond acceptors (Lipinski definition) is 3. The molecule has 0 unspecified atom stereocenters. The second-order valence-corrected chi connectivity index (χ2v) is 5.45. The zero-order valence-electron chi connectivity index (χ0n) is 11.5. The molecule has 108 valence electrons. The Morgan fingerprint density at radius 2 is 2.05 bits per heavy atom. The van der Waals surface area contributed by atoms with Gasteiger partial charge in [0.15, 0.2) is 0 Å². The predicted molar refractivity (Wildman–Crippen MR) is 76.0 cm³/mol. The van der Waals surface area contributed by atoms with E-state index in [-0.39, 0.29) is 18.2 Å². The van der Waals surface area contributed by atoms with Crippen LogP contribution in [0.2, 0.25) is 0 Å². The van der Waals surface area contributed by atoms with Gasteiger partial charge in [-0.05, 0) is 37.9 Å². The second kappa shape index (κ2) is 6.96. The van der Waals surface area contributed by atoms with Crippen molar-refractivity contribution in [1.82, 2.24) is 4.90 Å². The molecule has 5 heteroatoms. The van der Waals surface area contributed by atoms with Crippen LogP contribution in [0.15, 0.2) is 10.5 Å².